The molecule has 9 aromatic rings. The van der Waals surface area contributed by atoms with E-state index < -0.39 is 256 Å². The Labute approximate surface area is 295 Å². The third-order valence-electron chi connectivity index (χ3n) is 7.00. The number of rotatable bonds is 3. The van der Waals surface area contributed by atoms with Crippen LogP contribution in [0.5, 0.6) is 0 Å². The number of fused-ring (bicyclic) bond motifs is 5. The molecule has 9 rings (SSSR count). The Morgan fingerprint density at radius 1 is 0.250 bits per heavy atom. The standard InChI is InChI=1S/C44H28/c1-4-12-32-25-35(20-17-29(32)9-1)36-23-24-41-42(28-36)44(38-22-19-31-11-3-6-14-34(31)27-38)40-16-8-7-15-39(40)43(41)37-21-18-30-10-2-5-13-33(30)26-37/h1-28H/i1D,2D,3D,4D,5D,6D,7D,8D,9D,10D,11D,12D,13D,14D,15D,16D,17D,18D,19D,20D,21D,22D,23D,24D,25D,26D,27D,28D. The average molecular weight is 585 g/mol. The molecule has 0 heterocycles. The van der Waals surface area contributed by atoms with Gasteiger partial charge in [-0.05, 0) is 111 Å². The molecule has 0 aliphatic carbocycles. The van der Waals surface area contributed by atoms with Crippen LogP contribution in [-0.2, 0) is 0 Å². The Bertz CT molecular complexity index is 4120. The second-order valence-corrected chi connectivity index (χ2v) is 9.50. The van der Waals surface area contributed by atoms with Gasteiger partial charge < -0.3 is 0 Å². The lowest BCUT2D eigenvalue weighted by Gasteiger charge is -2.19. The molecule has 0 aromatic heterocycles. The van der Waals surface area contributed by atoms with Crippen LogP contribution < -0.4 is 0 Å². The Balaban J connectivity index is 1.69. The molecule has 0 unspecified atom stereocenters. The van der Waals surface area contributed by atoms with Gasteiger partial charge in [-0.2, -0.15) is 0 Å². The van der Waals surface area contributed by atoms with Crippen molar-refractivity contribution in [2.45, 2.75) is 0 Å². The van der Waals surface area contributed by atoms with Crippen LogP contribution in [0.15, 0.2) is 169 Å². The summed E-state index contributed by atoms with van der Waals surface area (Å²) in [6.45, 7) is 0. The predicted octanol–water partition coefficient (Wildman–Crippen LogP) is 12.5. The highest BCUT2D eigenvalue weighted by Gasteiger charge is 2.18. The Kier molecular flexibility index (Phi) is 2.18. The molecule has 9 aromatic carbocycles. The number of hydrogen-bond acceptors (Lipinski definition) is 0. The molecule has 204 valence electrons. The minimum absolute atomic E-state index is 0.595. The van der Waals surface area contributed by atoms with Gasteiger partial charge in [0.2, 0.25) is 0 Å². The maximum absolute atomic E-state index is 10.1. The molecule has 0 heteroatoms. The first-order valence-corrected chi connectivity index (χ1v) is 13.0. The lowest BCUT2D eigenvalue weighted by molar-refractivity contribution is 1.66. The van der Waals surface area contributed by atoms with Crippen molar-refractivity contribution in [2.75, 3.05) is 0 Å². The zero-order valence-electron chi connectivity index (χ0n) is 50.0. The summed E-state index contributed by atoms with van der Waals surface area (Å²) in [6.07, 6.45) is 0. The van der Waals surface area contributed by atoms with E-state index in [-0.39, 0.29) is 0 Å². The van der Waals surface area contributed by atoms with Gasteiger partial charge in [0.05, 0.1) is 38.4 Å². The van der Waals surface area contributed by atoms with Crippen molar-refractivity contribution < 1.29 is 38.4 Å². The monoisotopic (exact) mass is 584 g/mol. The Hall–Kier alpha value is -5.72. The summed E-state index contributed by atoms with van der Waals surface area (Å²) in [5.74, 6) is 0. The van der Waals surface area contributed by atoms with Crippen LogP contribution in [0.3, 0.4) is 0 Å². The molecule has 0 bridgehead atoms. The molecular weight excluding hydrogens is 528 g/mol. The van der Waals surface area contributed by atoms with Crippen LogP contribution in [0.25, 0.3) is 87.2 Å². The van der Waals surface area contributed by atoms with Crippen LogP contribution in [0.1, 0.15) is 38.4 Å². The summed E-state index contributed by atoms with van der Waals surface area (Å²) < 4.78 is 252. The van der Waals surface area contributed by atoms with Crippen LogP contribution in [0.4, 0.5) is 0 Å². The van der Waals surface area contributed by atoms with Crippen molar-refractivity contribution in [1.29, 1.82) is 0 Å². The normalized spacial score (nSPS) is 20.5. The van der Waals surface area contributed by atoms with Gasteiger partial charge in [0.1, 0.15) is 0 Å². The molecule has 0 N–H and O–H groups in total. The molecular formula is C44H28. The van der Waals surface area contributed by atoms with Crippen molar-refractivity contribution in [1.82, 2.24) is 0 Å². The van der Waals surface area contributed by atoms with E-state index in [1.54, 1.807) is 0 Å². The van der Waals surface area contributed by atoms with Gasteiger partial charge in [-0.1, -0.05) is 145 Å². The lowest BCUT2D eigenvalue weighted by Crippen LogP contribution is -1.92. The van der Waals surface area contributed by atoms with Gasteiger partial charge >= 0.3 is 0 Å². The zero-order valence-corrected chi connectivity index (χ0v) is 22.0. The SMILES string of the molecule is [2H]c1c([2H])c([2H])c2c([2H])c(-c3c([2H])c([2H])c4c(-c5c([2H])c([2H])c6c([2H])c([2H])c([2H])c([2H])c6c5[2H])c5c([2H])c([2H])c([2H])c([2H])c5c(-c5c([2H])c([2H])c6c([2H])c([2H])c([2H])c([2H])c6c5[2H])c4c3[2H])c([2H])c([2H])c2c1[2H]. The summed E-state index contributed by atoms with van der Waals surface area (Å²) in [5.41, 5.74) is -5.06. The molecule has 0 nitrogen and oxygen atoms in total. The number of hydrogen-bond donors (Lipinski definition) is 0. The van der Waals surface area contributed by atoms with Crippen LogP contribution >= 0.6 is 0 Å². The summed E-state index contributed by atoms with van der Waals surface area (Å²) in [4.78, 5) is 0. The fraction of sp³-hybridized carbons (Fsp3) is 0. The lowest BCUT2D eigenvalue weighted by atomic mass is 9.84. The molecule has 0 saturated heterocycles. The average Bonchev–Trinajstić information content (AvgIpc) is 3.34. The van der Waals surface area contributed by atoms with E-state index in [2.05, 4.69) is 0 Å². The van der Waals surface area contributed by atoms with Gasteiger partial charge in [0, 0.05) is 0 Å². The Morgan fingerprint density at radius 2 is 0.591 bits per heavy atom. The van der Waals surface area contributed by atoms with E-state index in [4.69, 9.17) is 23.3 Å². The first kappa shape index (κ1) is 9.64. The van der Waals surface area contributed by atoms with Gasteiger partial charge in [0.25, 0.3) is 0 Å². The highest BCUT2D eigenvalue weighted by Crippen LogP contribution is 2.45. The molecule has 0 atom stereocenters. The van der Waals surface area contributed by atoms with E-state index in [1.165, 1.54) is 0 Å². The van der Waals surface area contributed by atoms with Crippen LogP contribution in [0, 0.1) is 0 Å². The minimum atomic E-state index is -1.12. The van der Waals surface area contributed by atoms with Crippen molar-refractivity contribution in [2.24, 2.45) is 0 Å². The Morgan fingerprint density at radius 3 is 1.11 bits per heavy atom. The molecule has 0 aliphatic rings. The molecule has 0 aliphatic heterocycles. The summed E-state index contributed by atoms with van der Waals surface area (Å²) >= 11 is 0. The van der Waals surface area contributed by atoms with Crippen LogP contribution in [0.2, 0.25) is 0 Å². The van der Waals surface area contributed by atoms with E-state index in [1.807, 2.05) is 0 Å². The smallest absolute Gasteiger partial charge is 0.0616 e. The van der Waals surface area contributed by atoms with Gasteiger partial charge in [-0.3, -0.25) is 0 Å². The third-order valence-corrected chi connectivity index (χ3v) is 7.00. The van der Waals surface area contributed by atoms with Crippen molar-refractivity contribution in [3.05, 3.63) is 169 Å². The maximum Gasteiger partial charge on any atom is 0.0636 e. The number of benzene rings is 9. The maximum atomic E-state index is 10.1. The van der Waals surface area contributed by atoms with Crippen molar-refractivity contribution in [3.63, 3.8) is 0 Å². The fourth-order valence-corrected chi connectivity index (χ4v) is 5.06. The van der Waals surface area contributed by atoms with Crippen molar-refractivity contribution >= 4 is 53.9 Å². The van der Waals surface area contributed by atoms with Gasteiger partial charge in [0.15, 0.2) is 0 Å². The highest BCUT2D eigenvalue weighted by molar-refractivity contribution is 6.22. The van der Waals surface area contributed by atoms with E-state index >= 15 is 0 Å². The van der Waals surface area contributed by atoms with E-state index in [0.717, 1.165) is 0 Å². The topological polar surface area (TPSA) is 0 Å². The molecule has 0 fully saturated rings. The van der Waals surface area contributed by atoms with Gasteiger partial charge in [-0.15, -0.1) is 0 Å². The van der Waals surface area contributed by atoms with Crippen molar-refractivity contribution in [3.8, 4) is 33.4 Å². The molecule has 44 heavy (non-hydrogen) atoms. The quantitative estimate of drug-likeness (QED) is 0.181. The second-order valence-electron chi connectivity index (χ2n) is 9.50. The van der Waals surface area contributed by atoms with Crippen LogP contribution in [-0.4, -0.2) is 0 Å². The molecule has 0 spiro atoms. The predicted molar refractivity (Wildman–Crippen MR) is 190 cm³/mol. The largest absolute Gasteiger partial charge is 0.0636 e. The molecule has 0 radical (unpaired) electrons. The van der Waals surface area contributed by atoms with E-state index in [9.17, 15) is 15.1 Å². The van der Waals surface area contributed by atoms with Gasteiger partial charge in [-0.25, -0.2) is 0 Å². The van der Waals surface area contributed by atoms with E-state index in [0.29, 0.717) is 0 Å². The highest BCUT2D eigenvalue weighted by atomic mass is 14.2. The minimum Gasteiger partial charge on any atom is -0.0616 e. The first-order valence-electron chi connectivity index (χ1n) is 27.0. The fourth-order valence-electron chi connectivity index (χ4n) is 5.06. The molecule has 0 amide bonds. The second kappa shape index (κ2) is 9.93. The first-order chi connectivity index (χ1) is 33.5. The third kappa shape index (κ3) is 4.00. The zero-order chi connectivity index (χ0) is 53.4. The summed E-state index contributed by atoms with van der Waals surface area (Å²) in [7, 11) is 0. The molecule has 0 saturated carbocycles. The summed E-state index contributed by atoms with van der Waals surface area (Å²) in [6, 6.07) is -26.6. The summed E-state index contributed by atoms with van der Waals surface area (Å²) in [5, 5.41) is -7.09.